The number of pyridine rings is 1. The minimum absolute atomic E-state index is 0.0172. The van der Waals surface area contributed by atoms with Crippen molar-refractivity contribution in [3.63, 3.8) is 0 Å². The van der Waals surface area contributed by atoms with Gasteiger partial charge in [-0.1, -0.05) is 53.8 Å². The molecule has 5 nitrogen and oxygen atoms in total. The highest BCUT2D eigenvalue weighted by Crippen LogP contribution is 2.35. The van der Waals surface area contributed by atoms with E-state index in [0.29, 0.717) is 24.0 Å². The van der Waals surface area contributed by atoms with Crippen molar-refractivity contribution in [1.29, 1.82) is 0 Å². The van der Waals surface area contributed by atoms with Crippen molar-refractivity contribution < 1.29 is 9.53 Å². The van der Waals surface area contributed by atoms with E-state index in [1.54, 1.807) is 22.9 Å². The summed E-state index contributed by atoms with van der Waals surface area (Å²) in [5, 5.41) is 0.665. The summed E-state index contributed by atoms with van der Waals surface area (Å²) in [5.74, 6) is 1.92. The molecule has 0 aliphatic rings. The van der Waals surface area contributed by atoms with Crippen molar-refractivity contribution >= 4 is 44.4 Å². The van der Waals surface area contributed by atoms with Gasteiger partial charge in [0.2, 0.25) is 5.91 Å². The maximum Gasteiger partial charge on any atom is 0.239 e. The Balaban J connectivity index is 1.57. The van der Waals surface area contributed by atoms with Gasteiger partial charge in [0.25, 0.3) is 0 Å². The molecule has 0 atom stereocenters. The monoisotopic (exact) mass is 449 g/mol. The third-order valence-electron chi connectivity index (χ3n) is 4.59. The Morgan fingerprint density at radius 3 is 2.68 bits per heavy atom. The van der Waals surface area contributed by atoms with E-state index in [-0.39, 0.29) is 5.91 Å². The molecule has 0 fully saturated rings. The highest BCUT2D eigenvalue weighted by Gasteiger charge is 2.21. The van der Waals surface area contributed by atoms with Crippen LogP contribution in [0.1, 0.15) is 18.2 Å². The van der Waals surface area contributed by atoms with Crippen LogP contribution >= 0.6 is 23.1 Å². The van der Waals surface area contributed by atoms with E-state index in [1.807, 2.05) is 61.5 Å². The highest BCUT2D eigenvalue weighted by molar-refractivity contribution is 7.99. The number of fused-ring (bicyclic) bond motifs is 1. The Kier molecular flexibility index (Phi) is 7.17. The maximum atomic E-state index is 13.2. The Morgan fingerprint density at radius 1 is 1.06 bits per heavy atom. The molecule has 31 heavy (non-hydrogen) atoms. The van der Waals surface area contributed by atoms with Crippen molar-refractivity contribution in [1.82, 2.24) is 9.97 Å². The Labute approximate surface area is 190 Å². The first-order valence-corrected chi connectivity index (χ1v) is 12.1. The summed E-state index contributed by atoms with van der Waals surface area (Å²) >= 11 is 3.11. The highest BCUT2D eigenvalue weighted by atomic mass is 32.2. The molecule has 0 spiro atoms. The van der Waals surface area contributed by atoms with E-state index in [0.717, 1.165) is 27.4 Å². The SMILES string of the molecule is CCOc1cccc2sc(N(Cc3ccccn3)C(=O)CSCc3ccccc3)nc12. The van der Waals surface area contributed by atoms with Gasteiger partial charge in [-0.15, -0.1) is 11.8 Å². The van der Waals surface area contributed by atoms with Gasteiger partial charge in [0.15, 0.2) is 5.13 Å². The molecule has 2 aromatic heterocycles. The van der Waals surface area contributed by atoms with Crippen LogP contribution in [0.15, 0.2) is 72.9 Å². The van der Waals surface area contributed by atoms with Gasteiger partial charge in [-0.3, -0.25) is 14.7 Å². The van der Waals surface area contributed by atoms with Gasteiger partial charge < -0.3 is 4.74 Å². The predicted octanol–water partition coefficient (Wildman–Crippen LogP) is 5.56. The first kappa shape index (κ1) is 21.3. The number of thioether (sulfide) groups is 1. The van der Waals surface area contributed by atoms with Crippen LogP contribution in [-0.4, -0.2) is 28.2 Å². The van der Waals surface area contributed by atoms with E-state index in [2.05, 4.69) is 17.1 Å². The summed E-state index contributed by atoms with van der Waals surface area (Å²) in [6.45, 7) is 2.90. The van der Waals surface area contributed by atoms with Gasteiger partial charge in [0.1, 0.15) is 11.3 Å². The molecule has 7 heteroatoms. The fourth-order valence-corrected chi connectivity index (χ4v) is 4.98. The number of hydrogen-bond donors (Lipinski definition) is 0. The number of amides is 1. The first-order valence-electron chi connectivity index (χ1n) is 10.1. The molecule has 158 valence electrons. The quantitative estimate of drug-likeness (QED) is 0.335. The van der Waals surface area contributed by atoms with Gasteiger partial charge >= 0.3 is 0 Å². The van der Waals surface area contributed by atoms with Gasteiger partial charge in [0, 0.05) is 11.9 Å². The number of nitrogens with zero attached hydrogens (tertiary/aromatic N) is 3. The van der Waals surface area contributed by atoms with Crippen LogP contribution in [0.5, 0.6) is 5.75 Å². The number of carbonyl (C=O) groups excluding carboxylic acids is 1. The van der Waals surface area contributed by atoms with Crippen LogP contribution in [-0.2, 0) is 17.1 Å². The molecule has 0 aliphatic heterocycles. The Morgan fingerprint density at radius 2 is 1.90 bits per heavy atom. The van der Waals surface area contributed by atoms with Crippen LogP contribution in [0, 0.1) is 0 Å². The lowest BCUT2D eigenvalue weighted by Gasteiger charge is -2.19. The second kappa shape index (κ2) is 10.4. The second-order valence-electron chi connectivity index (χ2n) is 6.81. The van der Waals surface area contributed by atoms with Gasteiger partial charge in [-0.2, -0.15) is 0 Å². The number of anilines is 1. The molecule has 0 unspecified atom stereocenters. The summed E-state index contributed by atoms with van der Waals surface area (Å²) < 4.78 is 6.73. The molecule has 4 aromatic rings. The topological polar surface area (TPSA) is 55.3 Å². The summed E-state index contributed by atoms with van der Waals surface area (Å²) in [7, 11) is 0. The minimum Gasteiger partial charge on any atom is -0.492 e. The lowest BCUT2D eigenvalue weighted by Crippen LogP contribution is -2.32. The van der Waals surface area contributed by atoms with Crippen LogP contribution in [0.3, 0.4) is 0 Å². The number of thiazole rings is 1. The maximum absolute atomic E-state index is 13.2. The van der Waals surface area contributed by atoms with Crippen molar-refractivity contribution in [2.24, 2.45) is 0 Å². The van der Waals surface area contributed by atoms with E-state index in [9.17, 15) is 4.79 Å². The molecule has 4 rings (SSSR count). The number of rotatable bonds is 9. The normalized spacial score (nSPS) is 10.9. The van der Waals surface area contributed by atoms with Crippen LogP contribution < -0.4 is 9.64 Å². The van der Waals surface area contributed by atoms with E-state index in [4.69, 9.17) is 9.72 Å². The summed E-state index contributed by atoms with van der Waals surface area (Å²) in [6, 6.07) is 21.8. The van der Waals surface area contributed by atoms with Gasteiger partial charge in [-0.25, -0.2) is 4.98 Å². The van der Waals surface area contributed by atoms with Crippen LogP contribution in [0.4, 0.5) is 5.13 Å². The summed E-state index contributed by atoms with van der Waals surface area (Å²) in [4.78, 5) is 24.2. The summed E-state index contributed by atoms with van der Waals surface area (Å²) in [5.41, 5.74) is 2.83. The van der Waals surface area contributed by atoms with Crippen molar-refractivity contribution in [2.75, 3.05) is 17.3 Å². The number of aromatic nitrogens is 2. The molecule has 0 aliphatic carbocycles. The Bertz CT molecular complexity index is 1130. The zero-order chi connectivity index (χ0) is 21.5. The molecule has 0 radical (unpaired) electrons. The predicted molar refractivity (Wildman–Crippen MR) is 129 cm³/mol. The molecule has 0 saturated heterocycles. The molecular formula is C24H23N3O2S2. The second-order valence-corrected chi connectivity index (χ2v) is 8.81. The average molecular weight is 450 g/mol. The molecule has 2 aromatic carbocycles. The van der Waals surface area contributed by atoms with Crippen molar-refractivity contribution in [3.05, 3.63) is 84.2 Å². The molecule has 0 saturated carbocycles. The minimum atomic E-state index is 0.0172. The smallest absolute Gasteiger partial charge is 0.239 e. The lowest BCUT2D eigenvalue weighted by molar-refractivity contribution is -0.116. The summed E-state index contributed by atoms with van der Waals surface area (Å²) in [6.07, 6.45) is 1.74. The van der Waals surface area contributed by atoms with Crippen LogP contribution in [0.2, 0.25) is 0 Å². The van der Waals surface area contributed by atoms with E-state index < -0.39 is 0 Å². The number of ether oxygens (including phenoxy) is 1. The number of para-hydroxylation sites is 1. The van der Waals surface area contributed by atoms with E-state index in [1.165, 1.54) is 16.9 Å². The first-order chi connectivity index (χ1) is 15.2. The molecule has 0 bridgehead atoms. The van der Waals surface area contributed by atoms with Crippen molar-refractivity contribution in [3.8, 4) is 5.75 Å². The largest absolute Gasteiger partial charge is 0.492 e. The standard InChI is InChI=1S/C24H23N3O2S2/c1-2-29-20-12-8-13-21-23(20)26-24(31-21)27(15-19-11-6-7-14-25-19)22(28)17-30-16-18-9-4-3-5-10-18/h3-14H,2,15-17H2,1H3. The van der Waals surface area contributed by atoms with Gasteiger partial charge in [0.05, 0.1) is 29.3 Å². The molecule has 1 amide bonds. The zero-order valence-corrected chi connectivity index (χ0v) is 18.9. The number of carbonyl (C=O) groups is 1. The molecule has 2 heterocycles. The molecular weight excluding hydrogens is 426 g/mol. The average Bonchev–Trinajstić information content (AvgIpc) is 3.24. The molecule has 0 N–H and O–H groups in total. The lowest BCUT2D eigenvalue weighted by atomic mass is 10.2. The van der Waals surface area contributed by atoms with Gasteiger partial charge in [-0.05, 0) is 36.8 Å². The van der Waals surface area contributed by atoms with Crippen LogP contribution in [0.25, 0.3) is 10.2 Å². The Hall–Kier alpha value is -2.90. The zero-order valence-electron chi connectivity index (χ0n) is 17.2. The third kappa shape index (κ3) is 5.42. The third-order valence-corrected chi connectivity index (χ3v) is 6.62. The fraction of sp³-hybridized carbons (Fsp3) is 0.208. The number of benzene rings is 2. The fourth-order valence-electron chi connectivity index (χ4n) is 3.12. The van der Waals surface area contributed by atoms with Crippen molar-refractivity contribution in [2.45, 2.75) is 19.2 Å². The van der Waals surface area contributed by atoms with E-state index >= 15 is 0 Å². The number of hydrogen-bond acceptors (Lipinski definition) is 6.